The fourth-order valence-electron chi connectivity index (χ4n) is 4.45. The zero-order chi connectivity index (χ0) is 20.7. The number of nitrogens with zero attached hydrogens (tertiary/aromatic N) is 1. The number of hydrogen-bond acceptors (Lipinski definition) is 3. The fourth-order valence-corrected chi connectivity index (χ4v) is 4.45. The number of anilines is 3. The lowest BCUT2D eigenvalue weighted by Gasteiger charge is -2.33. The first kappa shape index (κ1) is 19.5. The summed E-state index contributed by atoms with van der Waals surface area (Å²) in [7, 11) is 0. The second-order valence-corrected chi connectivity index (χ2v) is 8.65. The molecule has 5 nitrogen and oxygen atoms in total. The van der Waals surface area contributed by atoms with E-state index in [0.717, 1.165) is 47.6 Å². The standard InChI is InChI=1S/C24H29N3O2/c1-14(2)17-7-5-8-18(15(3)4)22(17)26-23(28)16-10-11-20-19(13-16)25-24(29)21-9-6-12-27(20)21/h5,7-8,10-11,13-15,21H,6,9,12H2,1-4H3,(H,25,29)(H,26,28)/t21-/m0/s1. The van der Waals surface area contributed by atoms with E-state index in [1.54, 1.807) is 6.07 Å². The highest BCUT2D eigenvalue weighted by Gasteiger charge is 2.36. The molecular weight excluding hydrogens is 362 g/mol. The van der Waals surface area contributed by atoms with Gasteiger partial charge in [-0.05, 0) is 54.0 Å². The Hall–Kier alpha value is -2.82. The second-order valence-electron chi connectivity index (χ2n) is 8.65. The van der Waals surface area contributed by atoms with Gasteiger partial charge in [0, 0.05) is 17.8 Å². The van der Waals surface area contributed by atoms with Crippen molar-refractivity contribution in [1.29, 1.82) is 0 Å². The van der Waals surface area contributed by atoms with Gasteiger partial charge in [0.2, 0.25) is 5.91 Å². The van der Waals surface area contributed by atoms with Crippen LogP contribution in [0.1, 0.15) is 73.9 Å². The molecule has 1 fully saturated rings. The number of para-hydroxylation sites is 1. The van der Waals surface area contributed by atoms with E-state index in [1.165, 1.54) is 0 Å². The minimum atomic E-state index is -0.152. The molecule has 0 radical (unpaired) electrons. The van der Waals surface area contributed by atoms with E-state index in [2.05, 4.69) is 61.4 Å². The molecule has 0 aliphatic carbocycles. The molecule has 2 aromatic carbocycles. The van der Waals surface area contributed by atoms with E-state index in [1.807, 2.05) is 12.1 Å². The Morgan fingerprint density at radius 2 is 1.79 bits per heavy atom. The molecule has 152 valence electrons. The van der Waals surface area contributed by atoms with Crippen LogP contribution in [0.25, 0.3) is 0 Å². The van der Waals surface area contributed by atoms with Crippen LogP contribution in [-0.4, -0.2) is 24.4 Å². The SMILES string of the molecule is CC(C)c1cccc(C(C)C)c1NC(=O)c1ccc2c(c1)NC(=O)[C@@H]1CCCN21. The number of benzene rings is 2. The van der Waals surface area contributed by atoms with Crippen molar-refractivity contribution in [3.05, 3.63) is 53.1 Å². The molecule has 4 rings (SSSR count). The number of fused-ring (bicyclic) bond motifs is 3. The van der Waals surface area contributed by atoms with Crippen LogP contribution in [0.15, 0.2) is 36.4 Å². The van der Waals surface area contributed by atoms with Gasteiger partial charge in [0.25, 0.3) is 5.91 Å². The van der Waals surface area contributed by atoms with Crippen molar-refractivity contribution in [2.24, 2.45) is 0 Å². The predicted octanol–water partition coefficient (Wildman–Crippen LogP) is 5.11. The molecule has 2 aromatic rings. The van der Waals surface area contributed by atoms with Gasteiger partial charge in [-0.15, -0.1) is 0 Å². The maximum atomic E-state index is 13.1. The molecule has 0 unspecified atom stereocenters. The highest BCUT2D eigenvalue weighted by molar-refractivity contribution is 6.09. The molecule has 5 heteroatoms. The topological polar surface area (TPSA) is 61.4 Å². The van der Waals surface area contributed by atoms with Crippen molar-refractivity contribution >= 4 is 28.9 Å². The minimum absolute atomic E-state index is 0.0276. The molecule has 0 spiro atoms. The van der Waals surface area contributed by atoms with Gasteiger partial charge in [-0.25, -0.2) is 0 Å². The van der Waals surface area contributed by atoms with E-state index < -0.39 is 0 Å². The van der Waals surface area contributed by atoms with Crippen molar-refractivity contribution in [3.8, 4) is 0 Å². The van der Waals surface area contributed by atoms with E-state index in [-0.39, 0.29) is 17.9 Å². The maximum Gasteiger partial charge on any atom is 0.255 e. The molecule has 0 saturated carbocycles. The lowest BCUT2D eigenvalue weighted by molar-refractivity contribution is -0.117. The molecule has 2 heterocycles. The maximum absolute atomic E-state index is 13.1. The number of carbonyl (C=O) groups is 2. The van der Waals surface area contributed by atoms with Crippen LogP contribution in [0, 0.1) is 0 Å². The molecule has 2 N–H and O–H groups in total. The fraction of sp³-hybridized carbons (Fsp3) is 0.417. The van der Waals surface area contributed by atoms with Gasteiger partial charge < -0.3 is 15.5 Å². The first-order chi connectivity index (χ1) is 13.9. The van der Waals surface area contributed by atoms with Crippen molar-refractivity contribution in [3.63, 3.8) is 0 Å². The summed E-state index contributed by atoms with van der Waals surface area (Å²) in [6.07, 6.45) is 1.90. The summed E-state index contributed by atoms with van der Waals surface area (Å²) in [4.78, 5) is 27.7. The summed E-state index contributed by atoms with van der Waals surface area (Å²) in [5, 5.41) is 6.15. The smallest absolute Gasteiger partial charge is 0.255 e. The van der Waals surface area contributed by atoms with Crippen molar-refractivity contribution in [2.75, 3.05) is 22.1 Å². The molecule has 2 aliphatic rings. The highest BCUT2D eigenvalue weighted by Crippen LogP contribution is 2.38. The monoisotopic (exact) mass is 391 g/mol. The quantitative estimate of drug-likeness (QED) is 0.762. The molecule has 29 heavy (non-hydrogen) atoms. The van der Waals surface area contributed by atoms with Gasteiger partial charge in [-0.2, -0.15) is 0 Å². The van der Waals surface area contributed by atoms with E-state index in [9.17, 15) is 9.59 Å². The van der Waals surface area contributed by atoms with Crippen LogP contribution in [0.2, 0.25) is 0 Å². The summed E-state index contributed by atoms with van der Waals surface area (Å²) in [6, 6.07) is 11.7. The first-order valence-electron chi connectivity index (χ1n) is 10.5. The van der Waals surface area contributed by atoms with Crippen molar-refractivity contribution < 1.29 is 9.59 Å². The molecular formula is C24H29N3O2. The molecule has 1 atom stereocenters. The number of rotatable bonds is 4. The van der Waals surface area contributed by atoms with E-state index in [0.29, 0.717) is 17.4 Å². The normalized spacial score (nSPS) is 17.9. The molecule has 2 aliphatic heterocycles. The van der Waals surface area contributed by atoms with Gasteiger partial charge in [0.1, 0.15) is 6.04 Å². The van der Waals surface area contributed by atoms with Gasteiger partial charge in [-0.3, -0.25) is 9.59 Å². The Balaban J connectivity index is 1.66. The third-order valence-electron chi connectivity index (χ3n) is 5.99. The summed E-state index contributed by atoms with van der Waals surface area (Å²) in [6.45, 7) is 9.42. The average molecular weight is 392 g/mol. The van der Waals surface area contributed by atoms with Gasteiger partial charge in [0.05, 0.1) is 11.4 Å². The van der Waals surface area contributed by atoms with Crippen LogP contribution in [0.4, 0.5) is 17.1 Å². The van der Waals surface area contributed by atoms with Crippen LogP contribution < -0.4 is 15.5 Å². The Labute approximate surface area is 172 Å². The lowest BCUT2D eigenvalue weighted by Crippen LogP contribution is -2.43. The van der Waals surface area contributed by atoms with Crippen LogP contribution in [-0.2, 0) is 4.79 Å². The summed E-state index contributed by atoms with van der Waals surface area (Å²) in [5.41, 5.74) is 5.46. The van der Waals surface area contributed by atoms with Crippen molar-refractivity contribution in [2.45, 2.75) is 58.4 Å². The molecule has 0 aromatic heterocycles. The third-order valence-corrected chi connectivity index (χ3v) is 5.99. The first-order valence-corrected chi connectivity index (χ1v) is 10.5. The van der Waals surface area contributed by atoms with Crippen molar-refractivity contribution in [1.82, 2.24) is 0 Å². The van der Waals surface area contributed by atoms with E-state index in [4.69, 9.17) is 0 Å². The summed E-state index contributed by atoms with van der Waals surface area (Å²) in [5.74, 6) is 0.484. The Morgan fingerprint density at radius 3 is 2.45 bits per heavy atom. The summed E-state index contributed by atoms with van der Waals surface area (Å²) < 4.78 is 0. The molecule has 0 bridgehead atoms. The number of nitrogens with one attached hydrogen (secondary N) is 2. The Kier molecular flexibility index (Phi) is 5.07. The van der Waals surface area contributed by atoms with Crippen LogP contribution >= 0.6 is 0 Å². The Bertz CT molecular complexity index is 938. The predicted molar refractivity (Wildman–Crippen MR) is 118 cm³/mol. The van der Waals surface area contributed by atoms with E-state index >= 15 is 0 Å². The largest absolute Gasteiger partial charge is 0.358 e. The Morgan fingerprint density at radius 1 is 1.10 bits per heavy atom. The zero-order valence-corrected chi connectivity index (χ0v) is 17.6. The zero-order valence-electron chi connectivity index (χ0n) is 17.6. The van der Waals surface area contributed by atoms with Gasteiger partial charge >= 0.3 is 0 Å². The lowest BCUT2D eigenvalue weighted by atomic mass is 9.92. The average Bonchev–Trinajstić information content (AvgIpc) is 3.18. The summed E-state index contributed by atoms with van der Waals surface area (Å²) >= 11 is 0. The van der Waals surface area contributed by atoms with Crippen LogP contribution in [0.3, 0.4) is 0 Å². The van der Waals surface area contributed by atoms with Gasteiger partial charge in [0.15, 0.2) is 0 Å². The van der Waals surface area contributed by atoms with Crippen LogP contribution in [0.5, 0.6) is 0 Å². The van der Waals surface area contributed by atoms with Gasteiger partial charge in [-0.1, -0.05) is 45.9 Å². The molecule has 2 amide bonds. The number of carbonyl (C=O) groups excluding carboxylic acids is 2. The molecule has 1 saturated heterocycles. The third kappa shape index (κ3) is 3.50. The highest BCUT2D eigenvalue weighted by atomic mass is 16.2. The second kappa shape index (κ2) is 7.54. The number of hydrogen-bond donors (Lipinski definition) is 2. The minimum Gasteiger partial charge on any atom is -0.358 e. The number of amides is 2.